The number of sulfone groups is 1. The molecule has 2 aromatic rings. The van der Waals surface area contributed by atoms with E-state index >= 15 is 0 Å². The summed E-state index contributed by atoms with van der Waals surface area (Å²) in [6.45, 7) is 0. The van der Waals surface area contributed by atoms with Crippen molar-refractivity contribution in [1.82, 2.24) is 15.0 Å². The Kier molecular flexibility index (Phi) is 3.99. The summed E-state index contributed by atoms with van der Waals surface area (Å²) in [6, 6.07) is 5.32. The summed E-state index contributed by atoms with van der Waals surface area (Å²) in [5.41, 5.74) is -0.344. The van der Waals surface area contributed by atoms with Crippen molar-refractivity contribution in [3.8, 4) is 5.69 Å². The molecular weight excluding hydrogens is 339 g/mol. The number of rotatable bonds is 4. The number of benzene rings is 1. The smallest absolute Gasteiger partial charge is 0.360 e. The van der Waals surface area contributed by atoms with Crippen LogP contribution in [-0.4, -0.2) is 59.1 Å². The van der Waals surface area contributed by atoms with Crippen LogP contribution in [0.2, 0.25) is 0 Å². The molecule has 0 amide bonds. The van der Waals surface area contributed by atoms with Gasteiger partial charge in [0.1, 0.15) is 5.69 Å². The van der Waals surface area contributed by atoms with Gasteiger partial charge in [-0.1, -0.05) is 12.1 Å². The van der Waals surface area contributed by atoms with E-state index in [-0.39, 0.29) is 34.7 Å². The lowest BCUT2D eigenvalue weighted by Crippen LogP contribution is -2.34. The topological polar surface area (TPSA) is 105 Å². The van der Waals surface area contributed by atoms with Gasteiger partial charge in [0.25, 0.3) is 0 Å². The Morgan fingerprint density at radius 3 is 2.67 bits per heavy atom. The molecule has 1 N–H and O–H groups in total. The van der Waals surface area contributed by atoms with E-state index in [9.17, 15) is 22.7 Å². The molecule has 1 fully saturated rings. The van der Waals surface area contributed by atoms with Crippen LogP contribution in [0.25, 0.3) is 5.69 Å². The van der Waals surface area contributed by atoms with Gasteiger partial charge in [-0.05, 0) is 18.6 Å². The lowest BCUT2D eigenvalue weighted by Gasteiger charge is -2.22. The predicted octanol–water partition coefficient (Wildman–Crippen LogP) is 0.728. The Labute approximate surface area is 137 Å². The molecule has 1 aromatic heterocycles. The van der Waals surface area contributed by atoms with E-state index in [1.165, 1.54) is 23.1 Å². The van der Waals surface area contributed by atoms with Crippen molar-refractivity contribution in [2.45, 2.75) is 12.5 Å². The molecule has 10 heteroatoms. The van der Waals surface area contributed by atoms with Crippen LogP contribution in [0.3, 0.4) is 0 Å². The Hall–Kier alpha value is -2.49. The fraction of sp³-hybridized carbons (Fsp3) is 0.357. The average Bonchev–Trinajstić information content (AvgIpc) is 3.10. The number of carbonyl (C=O) groups is 1. The fourth-order valence-corrected chi connectivity index (χ4v) is 4.42. The van der Waals surface area contributed by atoms with E-state index in [1.807, 2.05) is 0 Å². The quantitative estimate of drug-likeness (QED) is 0.863. The number of aromatic carboxylic acids is 1. The first-order chi connectivity index (χ1) is 11.3. The van der Waals surface area contributed by atoms with Crippen LogP contribution in [0.1, 0.15) is 16.9 Å². The van der Waals surface area contributed by atoms with Crippen LogP contribution >= 0.6 is 0 Å². The van der Waals surface area contributed by atoms with Gasteiger partial charge in [-0.3, -0.25) is 0 Å². The average molecular weight is 354 g/mol. The Morgan fingerprint density at radius 1 is 1.38 bits per heavy atom. The molecule has 8 nitrogen and oxygen atoms in total. The zero-order valence-electron chi connectivity index (χ0n) is 12.8. The molecule has 1 aliphatic rings. The number of para-hydroxylation sites is 1. The molecule has 2 heterocycles. The number of aromatic nitrogens is 3. The molecule has 1 aromatic carbocycles. The summed E-state index contributed by atoms with van der Waals surface area (Å²) in [5.74, 6) is -1.93. The summed E-state index contributed by atoms with van der Waals surface area (Å²) in [7, 11) is -1.57. The third-order valence-electron chi connectivity index (χ3n) is 3.96. The number of halogens is 1. The summed E-state index contributed by atoms with van der Waals surface area (Å²) in [5, 5.41) is 17.3. The lowest BCUT2D eigenvalue weighted by molar-refractivity contribution is 0.0690. The predicted molar refractivity (Wildman–Crippen MR) is 83.7 cm³/mol. The summed E-state index contributed by atoms with van der Waals surface area (Å²) in [4.78, 5) is 13.8. The van der Waals surface area contributed by atoms with Gasteiger partial charge in [-0.15, -0.1) is 15.0 Å². The van der Waals surface area contributed by atoms with E-state index in [4.69, 9.17) is 0 Å². The Bertz CT molecular complexity index is 896. The zero-order valence-corrected chi connectivity index (χ0v) is 13.6. The molecular formula is C14H15FN4O4S. The lowest BCUT2D eigenvalue weighted by atomic mass is 10.2. The molecule has 0 bridgehead atoms. The van der Waals surface area contributed by atoms with Gasteiger partial charge in [-0.25, -0.2) is 17.6 Å². The minimum atomic E-state index is -3.14. The molecule has 128 valence electrons. The van der Waals surface area contributed by atoms with Gasteiger partial charge in [-0.2, -0.15) is 0 Å². The van der Waals surface area contributed by atoms with Crippen LogP contribution in [0.15, 0.2) is 24.3 Å². The van der Waals surface area contributed by atoms with E-state index < -0.39 is 21.6 Å². The maximum atomic E-state index is 13.9. The van der Waals surface area contributed by atoms with Crippen molar-refractivity contribution < 1.29 is 22.7 Å². The summed E-state index contributed by atoms with van der Waals surface area (Å²) >= 11 is 0. The Morgan fingerprint density at radius 2 is 2.08 bits per heavy atom. The maximum Gasteiger partial charge on any atom is 0.360 e. The molecule has 1 saturated heterocycles. The summed E-state index contributed by atoms with van der Waals surface area (Å²) in [6.07, 6.45) is 0.379. The highest BCUT2D eigenvalue weighted by molar-refractivity contribution is 7.91. The van der Waals surface area contributed by atoms with Gasteiger partial charge < -0.3 is 10.0 Å². The van der Waals surface area contributed by atoms with Crippen LogP contribution in [0.5, 0.6) is 0 Å². The fourth-order valence-electron chi connectivity index (χ4n) is 2.65. The number of hydrogen-bond donors (Lipinski definition) is 1. The highest BCUT2D eigenvalue weighted by Gasteiger charge is 2.34. The monoisotopic (exact) mass is 354 g/mol. The zero-order chi connectivity index (χ0) is 17.5. The first-order valence-electron chi connectivity index (χ1n) is 7.17. The van der Waals surface area contributed by atoms with Gasteiger partial charge in [0.15, 0.2) is 21.5 Å². The Balaban J connectivity index is 2.01. The SMILES string of the molecule is CN(c1nn(-c2ccccc2F)nc1C(=O)O)C1CCS(=O)(=O)C1. The first-order valence-corrected chi connectivity index (χ1v) is 8.99. The minimum absolute atomic E-state index is 0.00727. The van der Waals surface area contributed by atoms with Crippen molar-refractivity contribution in [3.63, 3.8) is 0 Å². The van der Waals surface area contributed by atoms with E-state index in [1.54, 1.807) is 13.1 Å². The van der Waals surface area contributed by atoms with Crippen molar-refractivity contribution >= 4 is 21.6 Å². The highest BCUT2D eigenvalue weighted by atomic mass is 32.2. The van der Waals surface area contributed by atoms with E-state index in [0.717, 1.165) is 4.80 Å². The molecule has 1 unspecified atom stereocenters. The second kappa shape index (κ2) is 5.86. The molecule has 0 radical (unpaired) electrons. The number of hydrogen-bond acceptors (Lipinski definition) is 6. The van der Waals surface area contributed by atoms with Gasteiger partial charge in [0.2, 0.25) is 5.69 Å². The number of anilines is 1. The van der Waals surface area contributed by atoms with Crippen molar-refractivity contribution in [2.75, 3.05) is 23.5 Å². The van der Waals surface area contributed by atoms with E-state index in [0.29, 0.717) is 6.42 Å². The molecule has 24 heavy (non-hydrogen) atoms. The number of carboxylic acids is 1. The van der Waals surface area contributed by atoms with Crippen LogP contribution in [-0.2, 0) is 9.84 Å². The minimum Gasteiger partial charge on any atom is -0.476 e. The van der Waals surface area contributed by atoms with Crippen molar-refractivity contribution in [2.24, 2.45) is 0 Å². The van der Waals surface area contributed by atoms with Crippen LogP contribution < -0.4 is 4.90 Å². The van der Waals surface area contributed by atoms with Crippen molar-refractivity contribution in [1.29, 1.82) is 0 Å². The molecule has 0 aliphatic carbocycles. The molecule has 3 rings (SSSR count). The van der Waals surface area contributed by atoms with E-state index in [2.05, 4.69) is 10.2 Å². The first kappa shape index (κ1) is 16.4. The molecule has 0 spiro atoms. The number of carboxylic acid groups (broad SMARTS) is 1. The van der Waals surface area contributed by atoms with Gasteiger partial charge in [0, 0.05) is 13.1 Å². The van der Waals surface area contributed by atoms with Crippen molar-refractivity contribution in [3.05, 3.63) is 35.8 Å². The highest BCUT2D eigenvalue weighted by Crippen LogP contribution is 2.25. The second-order valence-corrected chi connectivity index (χ2v) is 7.81. The standard InChI is InChI=1S/C14H15FN4O4S/c1-18(9-6-7-24(22,23)8-9)13-12(14(20)21)16-19(17-13)11-5-3-2-4-10(11)15/h2-5,9H,6-8H2,1H3,(H,20,21). The largest absolute Gasteiger partial charge is 0.476 e. The van der Waals surface area contributed by atoms with Crippen LogP contribution in [0.4, 0.5) is 10.2 Å². The van der Waals surface area contributed by atoms with Gasteiger partial charge in [0.05, 0.1) is 11.5 Å². The maximum absolute atomic E-state index is 13.9. The summed E-state index contributed by atoms with van der Waals surface area (Å²) < 4.78 is 37.1. The number of nitrogens with zero attached hydrogens (tertiary/aromatic N) is 4. The molecule has 0 saturated carbocycles. The second-order valence-electron chi connectivity index (χ2n) is 5.59. The molecule has 1 atom stereocenters. The van der Waals surface area contributed by atoms with Gasteiger partial charge >= 0.3 is 5.97 Å². The third kappa shape index (κ3) is 2.96. The van der Waals surface area contributed by atoms with Crippen LogP contribution in [0, 0.1) is 5.82 Å². The third-order valence-corrected chi connectivity index (χ3v) is 5.71. The molecule has 1 aliphatic heterocycles. The normalized spacial score (nSPS) is 19.3.